The van der Waals surface area contributed by atoms with E-state index in [9.17, 15) is 8.78 Å². The number of aryl methyl sites for hydroxylation is 1. The number of hydrogen-bond acceptors (Lipinski definition) is 3. The Morgan fingerprint density at radius 1 is 1.26 bits per heavy atom. The molecule has 0 radical (unpaired) electrons. The molecular weight excluding hydrogens is 298 g/mol. The SMILES string of the molecule is Cc1nn(-c2ccc(F)cc2F)c(C)c1CN1CC(C)C(N)C1. The van der Waals surface area contributed by atoms with Crippen molar-refractivity contribution in [3.8, 4) is 5.69 Å². The topological polar surface area (TPSA) is 47.1 Å². The molecular formula is C17H22F2N4. The molecule has 23 heavy (non-hydrogen) atoms. The third-order valence-corrected chi connectivity index (χ3v) is 4.71. The van der Waals surface area contributed by atoms with Gasteiger partial charge in [0.1, 0.15) is 11.5 Å². The molecule has 0 aliphatic carbocycles. The van der Waals surface area contributed by atoms with Crippen molar-refractivity contribution in [1.29, 1.82) is 0 Å². The lowest BCUT2D eigenvalue weighted by Gasteiger charge is -2.15. The maximum Gasteiger partial charge on any atom is 0.151 e. The standard InChI is InChI=1S/C17H22F2N4/c1-10-7-22(9-16(10)20)8-14-11(2)21-23(12(14)3)17-5-4-13(18)6-15(17)19/h4-6,10,16H,7-9,20H2,1-3H3. The summed E-state index contributed by atoms with van der Waals surface area (Å²) in [7, 11) is 0. The third kappa shape index (κ3) is 3.01. The van der Waals surface area contributed by atoms with E-state index in [1.165, 1.54) is 12.1 Å². The Morgan fingerprint density at radius 2 is 2.00 bits per heavy atom. The largest absolute Gasteiger partial charge is 0.326 e. The Labute approximate surface area is 134 Å². The van der Waals surface area contributed by atoms with Crippen LogP contribution in [0, 0.1) is 31.4 Å². The molecule has 1 aliphatic heterocycles. The van der Waals surface area contributed by atoms with Crippen LogP contribution in [0.3, 0.4) is 0 Å². The van der Waals surface area contributed by atoms with Gasteiger partial charge in [-0.2, -0.15) is 5.10 Å². The summed E-state index contributed by atoms with van der Waals surface area (Å²) in [5, 5.41) is 4.45. The number of hydrogen-bond donors (Lipinski definition) is 1. The van der Waals surface area contributed by atoms with Gasteiger partial charge in [-0.3, -0.25) is 4.90 Å². The van der Waals surface area contributed by atoms with Gasteiger partial charge in [-0.15, -0.1) is 0 Å². The Hall–Kier alpha value is -1.79. The number of rotatable bonds is 3. The zero-order valence-electron chi connectivity index (χ0n) is 13.7. The number of aromatic nitrogens is 2. The fourth-order valence-corrected chi connectivity index (χ4v) is 3.24. The van der Waals surface area contributed by atoms with Crippen molar-refractivity contribution >= 4 is 0 Å². The van der Waals surface area contributed by atoms with Gasteiger partial charge >= 0.3 is 0 Å². The number of halogens is 2. The molecule has 124 valence electrons. The van der Waals surface area contributed by atoms with Gasteiger partial charge in [0.15, 0.2) is 5.82 Å². The molecule has 1 aromatic carbocycles. The van der Waals surface area contributed by atoms with Crippen LogP contribution in [-0.4, -0.2) is 33.8 Å². The first-order valence-electron chi connectivity index (χ1n) is 7.85. The lowest BCUT2D eigenvalue weighted by Crippen LogP contribution is -2.28. The molecule has 6 heteroatoms. The van der Waals surface area contributed by atoms with E-state index in [2.05, 4.69) is 16.9 Å². The second-order valence-corrected chi connectivity index (χ2v) is 6.49. The Bertz CT molecular complexity index is 716. The fourth-order valence-electron chi connectivity index (χ4n) is 3.24. The summed E-state index contributed by atoms with van der Waals surface area (Å²) in [4.78, 5) is 2.30. The van der Waals surface area contributed by atoms with Crippen LogP contribution in [0.25, 0.3) is 5.69 Å². The first kappa shape index (κ1) is 16.1. The average molecular weight is 320 g/mol. The molecule has 0 spiro atoms. The maximum absolute atomic E-state index is 14.0. The second-order valence-electron chi connectivity index (χ2n) is 6.49. The molecule has 2 aromatic rings. The first-order chi connectivity index (χ1) is 10.9. The summed E-state index contributed by atoms with van der Waals surface area (Å²) in [6.07, 6.45) is 0. The average Bonchev–Trinajstić information content (AvgIpc) is 2.93. The number of likely N-dealkylation sites (tertiary alicyclic amines) is 1. The predicted octanol–water partition coefficient (Wildman–Crippen LogP) is 2.55. The molecule has 1 saturated heterocycles. The Morgan fingerprint density at radius 3 is 2.61 bits per heavy atom. The Kier molecular flexibility index (Phi) is 4.21. The van der Waals surface area contributed by atoms with Crippen molar-refractivity contribution in [2.75, 3.05) is 13.1 Å². The van der Waals surface area contributed by atoms with Gasteiger partial charge in [0.25, 0.3) is 0 Å². The number of nitrogens with two attached hydrogens (primary N) is 1. The van der Waals surface area contributed by atoms with E-state index in [0.717, 1.165) is 42.7 Å². The van der Waals surface area contributed by atoms with Gasteiger partial charge in [-0.1, -0.05) is 6.92 Å². The molecule has 3 rings (SSSR count). The monoisotopic (exact) mass is 320 g/mol. The van der Waals surface area contributed by atoms with Gasteiger partial charge in [-0.25, -0.2) is 13.5 Å². The summed E-state index contributed by atoms with van der Waals surface area (Å²) < 4.78 is 28.7. The summed E-state index contributed by atoms with van der Waals surface area (Å²) in [5.74, 6) is -0.729. The van der Waals surface area contributed by atoms with Crippen LogP contribution in [0.15, 0.2) is 18.2 Å². The van der Waals surface area contributed by atoms with E-state index in [-0.39, 0.29) is 11.7 Å². The van der Waals surface area contributed by atoms with Crippen molar-refractivity contribution in [3.63, 3.8) is 0 Å². The highest BCUT2D eigenvalue weighted by atomic mass is 19.1. The zero-order valence-corrected chi connectivity index (χ0v) is 13.7. The minimum absolute atomic E-state index is 0.195. The lowest BCUT2D eigenvalue weighted by atomic mass is 10.1. The molecule has 1 fully saturated rings. The molecule has 2 N–H and O–H groups in total. The van der Waals surface area contributed by atoms with Gasteiger partial charge in [0.05, 0.1) is 5.69 Å². The minimum Gasteiger partial charge on any atom is -0.326 e. The van der Waals surface area contributed by atoms with Gasteiger partial charge in [0, 0.05) is 43.0 Å². The molecule has 0 bridgehead atoms. The van der Waals surface area contributed by atoms with Gasteiger partial charge in [-0.05, 0) is 31.9 Å². The quantitative estimate of drug-likeness (QED) is 0.945. The summed E-state index contributed by atoms with van der Waals surface area (Å²) in [6, 6.07) is 3.74. The molecule has 0 amide bonds. The van der Waals surface area contributed by atoms with E-state index in [4.69, 9.17) is 5.73 Å². The number of nitrogens with zero attached hydrogens (tertiary/aromatic N) is 3. The van der Waals surface area contributed by atoms with E-state index in [1.54, 1.807) is 4.68 Å². The Balaban J connectivity index is 1.91. The second kappa shape index (κ2) is 6.02. The van der Waals surface area contributed by atoms with Gasteiger partial charge < -0.3 is 5.73 Å². The normalized spacial score (nSPS) is 22.0. The van der Waals surface area contributed by atoms with E-state index < -0.39 is 11.6 Å². The summed E-state index contributed by atoms with van der Waals surface area (Å²) >= 11 is 0. The third-order valence-electron chi connectivity index (χ3n) is 4.71. The molecule has 2 atom stereocenters. The molecule has 0 saturated carbocycles. The summed E-state index contributed by atoms with van der Waals surface area (Å²) in [5.41, 5.74) is 9.16. The fraction of sp³-hybridized carbons (Fsp3) is 0.471. The molecule has 1 aromatic heterocycles. The maximum atomic E-state index is 14.0. The van der Waals surface area contributed by atoms with Crippen LogP contribution >= 0.6 is 0 Å². The minimum atomic E-state index is -0.612. The van der Waals surface area contributed by atoms with Crippen LogP contribution in [-0.2, 0) is 6.54 Å². The lowest BCUT2D eigenvalue weighted by molar-refractivity contribution is 0.317. The molecule has 2 heterocycles. The highest BCUT2D eigenvalue weighted by molar-refractivity contribution is 5.38. The first-order valence-corrected chi connectivity index (χ1v) is 7.85. The highest BCUT2D eigenvalue weighted by Gasteiger charge is 2.28. The van der Waals surface area contributed by atoms with Crippen LogP contribution in [0.1, 0.15) is 23.9 Å². The van der Waals surface area contributed by atoms with Gasteiger partial charge in [0.2, 0.25) is 0 Å². The van der Waals surface area contributed by atoms with E-state index >= 15 is 0 Å². The van der Waals surface area contributed by atoms with Crippen LogP contribution < -0.4 is 5.73 Å². The van der Waals surface area contributed by atoms with E-state index in [1.807, 2.05) is 13.8 Å². The summed E-state index contributed by atoms with van der Waals surface area (Å²) in [6.45, 7) is 8.55. The molecule has 1 aliphatic rings. The van der Waals surface area contributed by atoms with Crippen molar-refractivity contribution in [2.45, 2.75) is 33.4 Å². The van der Waals surface area contributed by atoms with E-state index in [0.29, 0.717) is 5.92 Å². The smallest absolute Gasteiger partial charge is 0.151 e. The van der Waals surface area contributed by atoms with Crippen molar-refractivity contribution in [1.82, 2.24) is 14.7 Å². The van der Waals surface area contributed by atoms with Crippen molar-refractivity contribution < 1.29 is 8.78 Å². The van der Waals surface area contributed by atoms with Crippen molar-refractivity contribution in [2.24, 2.45) is 11.7 Å². The number of benzene rings is 1. The van der Waals surface area contributed by atoms with Crippen LogP contribution in [0.4, 0.5) is 8.78 Å². The van der Waals surface area contributed by atoms with Crippen molar-refractivity contribution in [3.05, 3.63) is 46.8 Å². The van der Waals surface area contributed by atoms with Crippen LogP contribution in [0.5, 0.6) is 0 Å². The zero-order chi connectivity index (χ0) is 16.7. The van der Waals surface area contributed by atoms with Crippen LogP contribution in [0.2, 0.25) is 0 Å². The molecule has 2 unspecified atom stereocenters. The highest BCUT2D eigenvalue weighted by Crippen LogP contribution is 2.24. The molecule has 4 nitrogen and oxygen atoms in total. The predicted molar refractivity (Wildman–Crippen MR) is 85.4 cm³/mol.